The third-order valence-electron chi connectivity index (χ3n) is 3.89. The Morgan fingerprint density at radius 2 is 1.83 bits per heavy atom. The second-order valence-electron chi connectivity index (χ2n) is 6.07. The molecule has 5 nitrogen and oxygen atoms in total. The number of unbranched alkanes of at least 4 members (excludes halogenated alkanes) is 1. The molecule has 2 rings (SSSR count). The first-order valence-electron chi connectivity index (χ1n) is 8.27. The largest absolute Gasteiger partial charge is 0.378 e. The van der Waals surface area contributed by atoms with E-state index in [1.54, 1.807) is 12.3 Å². The van der Waals surface area contributed by atoms with Gasteiger partial charge in [-0.1, -0.05) is 13.3 Å². The molecule has 1 aromatic carbocycles. The quantitative estimate of drug-likeness (QED) is 0.844. The minimum atomic E-state index is -0.125. The molecule has 0 atom stereocenters. The Labute approximate surface area is 144 Å². The van der Waals surface area contributed by atoms with E-state index in [4.69, 9.17) is 0 Å². The summed E-state index contributed by atoms with van der Waals surface area (Å²) in [5.41, 5.74) is 2.49. The Kier molecular flexibility index (Phi) is 6.18. The predicted molar refractivity (Wildman–Crippen MR) is 101 cm³/mol. The summed E-state index contributed by atoms with van der Waals surface area (Å²) in [7, 11) is 5.97. The summed E-state index contributed by atoms with van der Waals surface area (Å²) in [6, 6.07) is 11.3. The van der Waals surface area contributed by atoms with E-state index < -0.39 is 0 Å². The van der Waals surface area contributed by atoms with E-state index in [-0.39, 0.29) is 5.91 Å². The molecule has 0 aliphatic rings. The summed E-state index contributed by atoms with van der Waals surface area (Å²) >= 11 is 0. The summed E-state index contributed by atoms with van der Waals surface area (Å²) in [6.45, 7) is 3.09. The fourth-order valence-corrected chi connectivity index (χ4v) is 2.32. The molecule has 0 aliphatic carbocycles. The number of carbonyl (C=O) groups is 1. The lowest BCUT2D eigenvalue weighted by molar-refractivity contribution is 0.102. The maximum absolute atomic E-state index is 12.5. The number of pyridine rings is 1. The Morgan fingerprint density at radius 3 is 2.46 bits per heavy atom. The minimum absolute atomic E-state index is 0.125. The maximum Gasteiger partial charge on any atom is 0.255 e. The van der Waals surface area contributed by atoms with E-state index in [0.29, 0.717) is 5.56 Å². The van der Waals surface area contributed by atoms with Gasteiger partial charge in [0.2, 0.25) is 0 Å². The number of anilines is 3. The molecule has 0 saturated heterocycles. The number of nitrogens with one attached hydrogen (secondary N) is 1. The fraction of sp³-hybridized carbons (Fsp3) is 0.368. The highest BCUT2D eigenvalue weighted by Crippen LogP contribution is 2.17. The second-order valence-corrected chi connectivity index (χ2v) is 6.07. The van der Waals surface area contributed by atoms with Crippen LogP contribution in [0, 0.1) is 0 Å². The molecule has 0 saturated carbocycles. The van der Waals surface area contributed by atoms with Gasteiger partial charge in [-0.3, -0.25) is 4.79 Å². The Morgan fingerprint density at radius 1 is 1.12 bits per heavy atom. The summed E-state index contributed by atoms with van der Waals surface area (Å²) in [5.74, 6) is 0.694. The molecule has 1 heterocycles. The smallest absolute Gasteiger partial charge is 0.255 e. The van der Waals surface area contributed by atoms with E-state index in [0.717, 1.165) is 36.6 Å². The van der Waals surface area contributed by atoms with Crippen LogP contribution in [-0.4, -0.2) is 38.6 Å². The average molecular weight is 326 g/mol. The molecule has 5 heteroatoms. The number of rotatable bonds is 7. The predicted octanol–water partition coefficient (Wildman–Crippen LogP) is 3.64. The highest BCUT2D eigenvalue weighted by Gasteiger charge is 2.10. The topological polar surface area (TPSA) is 48.5 Å². The van der Waals surface area contributed by atoms with Crippen LogP contribution in [0.4, 0.5) is 17.2 Å². The average Bonchev–Trinajstić information content (AvgIpc) is 2.60. The molecular formula is C19H26N4O. The van der Waals surface area contributed by atoms with E-state index in [1.807, 2.05) is 56.4 Å². The number of aromatic nitrogens is 1. The van der Waals surface area contributed by atoms with Gasteiger partial charge in [0.05, 0.1) is 0 Å². The summed E-state index contributed by atoms with van der Waals surface area (Å²) in [6.07, 6.45) is 3.92. The highest BCUT2D eigenvalue weighted by molar-refractivity contribution is 6.04. The van der Waals surface area contributed by atoms with Gasteiger partial charge in [0.15, 0.2) is 0 Å². The first kappa shape index (κ1) is 17.8. The van der Waals surface area contributed by atoms with Gasteiger partial charge in [0, 0.05) is 50.8 Å². The van der Waals surface area contributed by atoms with Crippen LogP contribution in [0.3, 0.4) is 0 Å². The van der Waals surface area contributed by atoms with E-state index in [2.05, 4.69) is 22.1 Å². The molecule has 0 radical (unpaired) electrons. The van der Waals surface area contributed by atoms with Gasteiger partial charge in [-0.25, -0.2) is 4.98 Å². The van der Waals surface area contributed by atoms with Crippen LogP contribution >= 0.6 is 0 Å². The number of benzene rings is 1. The first-order chi connectivity index (χ1) is 11.5. The van der Waals surface area contributed by atoms with Crippen molar-refractivity contribution in [1.29, 1.82) is 0 Å². The van der Waals surface area contributed by atoms with Crippen molar-refractivity contribution in [1.82, 2.24) is 4.98 Å². The molecule has 1 N–H and O–H groups in total. The lowest BCUT2D eigenvalue weighted by Gasteiger charge is -2.18. The lowest BCUT2D eigenvalue weighted by Crippen LogP contribution is -2.20. The van der Waals surface area contributed by atoms with Crippen molar-refractivity contribution in [2.75, 3.05) is 42.8 Å². The van der Waals surface area contributed by atoms with Crippen molar-refractivity contribution in [2.24, 2.45) is 0 Å². The van der Waals surface area contributed by atoms with Crippen LogP contribution < -0.4 is 15.1 Å². The molecule has 0 bridgehead atoms. The Hall–Kier alpha value is -2.56. The van der Waals surface area contributed by atoms with E-state index in [9.17, 15) is 4.79 Å². The SMILES string of the molecule is CCCCN(C)c1cc(C(=O)Nc2ccc(N(C)C)cc2)ccn1. The van der Waals surface area contributed by atoms with Gasteiger partial charge in [-0.15, -0.1) is 0 Å². The normalized spacial score (nSPS) is 10.3. The molecule has 1 amide bonds. The maximum atomic E-state index is 12.5. The molecule has 0 unspecified atom stereocenters. The first-order valence-corrected chi connectivity index (χ1v) is 8.27. The van der Waals surface area contributed by atoms with Crippen molar-refractivity contribution in [2.45, 2.75) is 19.8 Å². The third kappa shape index (κ3) is 4.72. The number of carbonyl (C=O) groups excluding carboxylic acids is 1. The van der Waals surface area contributed by atoms with Crippen LogP contribution in [0.5, 0.6) is 0 Å². The zero-order chi connectivity index (χ0) is 17.5. The van der Waals surface area contributed by atoms with Gasteiger partial charge in [0.1, 0.15) is 5.82 Å². The van der Waals surface area contributed by atoms with E-state index >= 15 is 0 Å². The molecule has 1 aromatic heterocycles. The van der Waals surface area contributed by atoms with Crippen molar-refractivity contribution in [3.63, 3.8) is 0 Å². The molecule has 128 valence electrons. The minimum Gasteiger partial charge on any atom is -0.378 e. The van der Waals surface area contributed by atoms with Gasteiger partial charge in [-0.05, 0) is 42.8 Å². The molecule has 0 fully saturated rings. The monoisotopic (exact) mass is 326 g/mol. The summed E-state index contributed by atoms with van der Waals surface area (Å²) in [5, 5.41) is 2.93. The van der Waals surface area contributed by atoms with Crippen molar-refractivity contribution in [3.05, 3.63) is 48.2 Å². The second kappa shape index (κ2) is 8.34. The van der Waals surface area contributed by atoms with Gasteiger partial charge in [-0.2, -0.15) is 0 Å². The van der Waals surface area contributed by atoms with Gasteiger partial charge < -0.3 is 15.1 Å². The summed E-state index contributed by atoms with van der Waals surface area (Å²) < 4.78 is 0. The van der Waals surface area contributed by atoms with Gasteiger partial charge in [0.25, 0.3) is 5.91 Å². The Bertz CT molecular complexity index is 667. The molecule has 0 aliphatic heterocycles. The van der Waals surface area contributed by atoms with Crippen molar-refractivity contribution in [3.8, 4) is 0 Å². The van der Waals surface area contributed by atoms with Crippen molar-refractivity contribution >= 4 is 23.1 Å². The van der Waals surface area contributed by atoms with Crippen molar-refractivity contribution < 1.29 is 4.79 Å². The van der Waals surface area contributed by atoms with Crippen LogP contribution in [0.2, 0.25) is 0 Å². The van der Waals surface area contributed by atoms with Crippen LogP contribution in [0.15, 0.2) is 42.6 Å². The van der Waals surface area contributed by atoms with Crippen LogP contribution in [0.25, 0.3) is 0 Å². The van der Waals surface area contributed by atoms with Gasteiger partial charge >= 0.3 is 0 Å². The number of nitrogens with zero attached hydrogens (tertiary/aromatic N) is 3. The van der Waals surface area contributed by atoms with Crippen LogP contribution in [0.1, 0.15) is 30.1 Å². The Balaban J connectivity index is 2.06. The number of hydrogen-bond donors (Lipinski definition) is 1. The number of hydrogen-bond acceptors (Lipinski definition) is 4. The third-order valence-corrected chi connectivity index (χ3v) is 3.89. The van der Waals surface area contributed by atoms with Crippen LogP contribution in [-0.2, 0) is 0 Å². The molecular weight excluding hydrogens is 300 g/mol. The molecule has 0 spiro atoms. The highest BCUT2D eigenvalue weighted by atomic mass is 16.1. The summed E-state index contributed by atoms with van der Waals surface area (Å²) in [4.78, 5) is 20.9. The lowest BCUT2D eigenvalue weighted by atomic mass is 10.2. The number of amides is 1. The fourth-order valence-electron chi connectivity index (χ4n) is 2.32. The zero-order valence-corrected chi connectivity index (χ0v) is 14.9. The molecule has 2 aromatic rings. The molecule has 24 heavy (non-hydrogen) atoms. The standard InChI is InChI=1S/C19H26N4O/c1-5-6-13-23(4)18-14-15(11-12-20-18)19(24)21-16-7-9-17(10-8-16)22(2)3/h7-12,14H,5-6,13H2,1-4H3,(H,21,24). The zero-order valence-electron chi connectivity index (χ0n) is 14.9. The van der Waals surface area contributed by atoms with E-state index in [1.165, 1.54) is 0 Å².